The van der Waals surface area contributed by atoms with Crippen molar-refractivity contribution in [3.8, 4) is 0 Å². The SMILES string of the molecule is C=CCOC(=O)c1ccccc1CCCCC. The molecule has 0 atom stereocenters. The number of esters is 1. The summed E-state index contributed by atoms with van der Waals surface area (Å²) in [7, 11) is 0. The van der Waals surface area contributed by atoms with Gasteiger partial charge in [-0.1, -0.05) is 50.6 Å². The van der Waals surface area contributed by atoms with Crippen molar-refractivity contribution in [2.24, 2.45) is 0 Å². The van der Waals surface area contributed by atoms with Crippen molar-refractivity contribution in [2.75, 3.05) is 6.61 Å². The highest BCUT2D eigenvalue weighted by molar-refractivity contribution is 5.91. The average Bonchev–Trinajstić information content (AvgIpc) is 2.37. The quantitative estimate of drug-likeness (QED) is 0.406. The zero-order valence-corrected chi connectivity index (χ0v) is 10.4. The molecule has 17 heavy (non-hydrogen) atoms. The fourth-order valence-electron chi connectivity index (χ4n) is 1.72. The number of ether oxygens (including phenoxy) is 1. The summed E-state index contributed by atoms with van der Waals surface area (Å²) in [5.74, 6) is -0.253. The third kappa shape index (κ3) is 4.43. The maximum Gasteiger partial charge on any atom is 0.338 e. The smallest absolute Gasteiger partial charge is 0.338 e. The molecule has 1 rings (SSSR count). The van der Waals surface area contributed by atoms with Gasteiger partial charge in [0.2, 0.25) is 0 Å². The lowest BCUT2D eigenvalue weighted by Gasteiger charge is -2.08. The Labute approximate surface area is 103 Å². The maximum atomic E-state index is 11.8. The second-order valence-electron chi connectivity index (χ2n) is 4.00. The van der Waals surface area contributed by atoms with E-state index in [0.717, 1.165) is 18.4 Å². The highest BCUT2D eigenvalue weighted by Gasteiger charge is 2.10. The van der Waals surface area contributed by atoms with E-state index in [9.17, 15) is 4.79 Å². The molecule has 0 aliphatic heterocycles. The van der Waals surface area contributed by atoms with Gasteiger partial charge < -0.3 is 4.74 Å². The van der Waals surface area contributed by atoms with Gasteiger partial charge in [-0.05, 0) is 24.5 Å². The summed E-state index contributed by atoms with van der Waals surface area (Å²) in [5, 5.41) is 0. The molecular weight excluding hydrogens is 212 g/mol. The molecule has 2 nitrogen and oxygen atoms in total. The molecule has 0 aromatic heterocycles. The van der Waals surface area contributed by atoms with E-state index in [4.69, 9.17) is 4.74 Å². The first-order valence-corrected chi connectivity index (χ1v) is 6.15. The fraction of sp³-hybridized carbons (Fsp3) is 0.400. The van der Waals surface area contributed by atoms with Gasteiger partial charge in [-0.3, -0.25) is 0 Å². The van der Waals surface area contributed by atoms with E-state index in [1.165, 1.54) is 12.8 Å². The van der Waals surface area contributed by atoms with Crippen LogP contribution in [0.4, 0.5) is 0 Å². The van der Waals surface area contributed by atoms with Crippen LogP contribution in [-0.2, 0) is 11.2 Å². The molecule has 0 aliphatic carbocycles. The summed E-state index contributed by atoms with van der Waals surface area (Å²) in [6.45, 7) is 5.97. The van der Waals surface area contributed by atoms with E-state index in [0.29, 0.717) is 5.56 Å². The zero-order chi connectivity index (χ0) is 12.5. The summed E-state index contributed by atoms with van der Waals surface area (Å²) < 4.78 is 5.07. The molecule has 0 N–H and O–H groups in total. The predicted octanol–water partition coefficient (Wildman–Crippen LogP) is 3.76. The molecule has 0 saturated carbocycles. The molecule has 1 aromatic rings. The number of rotatable bonds is 7. The Bertz CT molecular complexity index is 369. The van der Waals surface area contributed by atoms with Gasteiger partial charge in [-0.2, -0.15) is 0 Å². The lowest BCUT2D eigenvalue weighted by atomic mass is 10.0. The Morgan fingerprint density at radius 1 is 1.35 bits per heavy atom. The summed E-state index contributed by atoms with van der Waals surface area (Å²) in [6.07, 6.45) is 6.01. The van der Waals surface area contributed by atoms with Crippen LogP contribution in [0.15, 0.2) is 36.9 Å². The van der Waals surface area contributed by atoms with Crippen LogP contribution in [0.2, 0.25) is 0 Å². The predicted molar refractivity (Wildman–Crippen MR) is 70.2 cm³/mol. The van der Waals surface area contributed by atoms with Crippen LogP contribution in [0, 0.1) is 0 Å². The van der Waals surface area contributed by atoms with E-state index in [1.807, 2.05) is 24.3 Å². The van der Waals surface area contributed by atoms with Crippen LogP contribution in [0.25, 0.3) is 0 Å². The second-order valence-corrected chi connectivity index (χ2v) is 4.00. The molecule has 1 aromatic carbocycles. The molecule has 0 saturated heterocycles. The van der Waals surface area contributed by atoms with Crippen LogP contribution in [0.5, 0.6) is 0 Å². The molecule has 2 heteroatoms. The molecule has 0 radical (unpaired) electrons. The molecule has 0 amide bonds. The minimum absolute atomic E-state index is 0.253. The number of carbonyl (C=O) groups excluding carboxylic acids is 1. The third-order valence-electron chi connectivity index (χ3n) is 2.62. The number of aryl methyl sites for hydroxylation is 1. The van der Waals surface area contributed by atoms with Crippen LogP contribution in [-0.4, -0.2) is 12.6 Å². The Morgan fingerprint density at radius 2 is 2.12 bits per heavy atom. The third-order valence-corrected chi connectivity index (χ3v) is 2.62. The van der Waals surface area contributed by atoms with E-state index in [2.05, 4.69) is 13.5 Å². The lowest BCUT2D eigenvalue weighted by Crippen LogP contribution is -2.08. The van der Waals surface area contributed by atoms with Crippen LogP contribution < -0.4 is 0 Å². The van der Waals surface area contributed by atoms with Crippen LogP contribution >= 0.6 is 0 Å². The number of unbranched alkanes of at least 4 members (excludes halogenated alkanes) is 2. The van der Waals surface area contributed by atoms with Gasteiger partial charge in [-0.15, -0.1) is 0 Å². The highest BCUT2D eigenvalue weighted by Crippen LogP contribution is 2.14. The minimum atomic E-state index is -0.253. The zero-order valence-electron chi connectivity index (χ0n) is 10.4. The Balaban J connectivity index is 2.69. The van der Waals surface area contributed by atoms with E-state index < -0.39 is 0 Å². The first-order valence-electron chi connectivity index (χ1n) is 6.15. The largest absolute Gasteiger partial charge is 0.458 e. The monoisotopic (exact) mass is 232 g/mol. The van der Waals surface area contributed by atoms with E-state index in [-0.39, 0.29) is 12.6 Å². The van der Waals surface area contributed by atoms with Crippen LogP contribution in [0.3, 0.4) is 0 Å². The molecule has 0 fully saturated rings. The number of carbonyl (C=O) groups is 1. The summed E-state index contributed by atoms with van der Waals surface area (Å²) in [5.41, 5.74) is 1.76. The molecule has 0 bridgehead atoms. The van der Waals surface area contributed by atoms with Gasteiger partial charge in [0.1, 0.15) is 6.61 Å². The highest BCUT2D eigenvalue weighted by atomic mass is 16.5. The van der Waals surface area contributed by atoms with Crippen molar-refractivity contribution in [3.63, 3.8) is 0 Å². The summed E-state index contributed by atoms with van der Waals surface area (Å²) >= 11 is 0. The fourth-order valence-corrected chi connectivity index (χ4v) is 1.72. The van der Waals surface area contributed by atoms with Gasteiger partial charge in [-0.25, -0.2) is 4.79 Å². The number of hydrogen-bond acceptors (Lipinski definition) is 2. The summed E-state index contributed by atoms with van der Waals surface area (Å²) in [6, 6.07) is 7.66. The van der Waals surface area contributed by atoms with Crippen molar-refractivity contribution in [1.82, 2.24) is 0 Å². The Kier molecular flexibility index (Phi) is 6.08. The second kappa shape index (κ2) is 7.66. The van der Waals surface area contributed by atoms with Crippen molar-refractivity contribution >= 4 is 5.97 Å². The van der Waals surface area contributed by atoms with E-state index in [1.54, 1.807) is 6.08 Å². The van der Waals surface area contributed by atoms with Crippen molar-refractivity contribution in [3.05, 3.63) is 48.0 Å². The minimum Gasteiger partial charge on any atom is -0.458 e. The number of hydrogen-bond donors (Lipinski definition) is 0. The molecule has 0 aliphatic rings. The lowest BCUT2D eigenvalue weighted by molar-refractivity contribution is 0.0548. The van der Waals surface area contributed by atoms with Gasteiger partial charge in [0.25, 0.3) is 0 Å². The normalized spacial score (nSPS) is 9.94. The topological polar surface area (TPSA) is 26.3 Å². The van der Waals surface area contributed by atoms with Crippen molar-refractivity contribution < 1.29 is 9.53 Å². The standard InChI is InChI=1S/C15H20O2/c1-3-5-6-9-13-10-7-8-11-14(13)15(16)17-12-4-2/h4,7-8,10-11H,2-3,5-6,9,12H2,1H3. The van der Waals surface area contributed by atoms with Gasteiger partial charge in [0, 0.05) is 0 Å². The van der Waals surface area contributed by atoms with Gasteiger partial charge >= 0.3 is 5.97 Å². The Morgan fingerprint density at radius 3 is 2.82 bits per heavy atom. The maximum absolute atomic E-state index is 11.8. The van der Waals surface area contributed by atoms with Crippen molar-refractivity contribution in [2.45, 2.75) is 32.6 Å². The number of benzene rings is 1. The Hall–Kier alpha value is -1.57. The first-order chi connectivity index (χ1) is 8.29. The van der Waals surface area contributed by atoms with Crippen LogP contribution in [0.1, 0.15) is 42.1 Å². The molecule has 92 valence electrons. The average molecular weight is 232 g/mol. The van der Waals surface area contributed by atoms with E-state index >= 15 is 0 Å². The van der Waals surface area contributed by atoms with Gasteiger partial charge in [0.05, 0.1) is 5.56 Å². The first kappa shape index (κ1) is 13.5. The molecule has 0 unspecified atom stereocenters. The molecule has 0 heterocycles. The molecule has 0 spiro atoms. The summed E-state index contributed by atoms with van der Waals surface area (Å²) in [4.78, 5) is 11.8. The van der Waals surface area contributed by atoms with Gasteiger partial charge in [0.15, 0.2) is 0 Å². The molecular formula is C15H20O2. The van der Waals surface area contributed by atoms with Crippen molar-refractivity contribution in [1.29, 1.82) is 0 Å².